The molecular formula is C25H26ClN3O2. The minimum atomic E-state index is -0.241. The summed E-state index contributed by atoms with van der Waals surface area (Å²) in [5, 5.41) is 13.9. The molecule has 5 rings (SSSR count). The van der Waals surface area contributed by atoms with Gasteiger partial charge in [0, 0.05) is 48.6 Å². The van der Waals surface area contributed by atoms with Crippen LogP contribution < -0.4 is 10.1 Å². The van der Waals surface area contributed by atoms with E-state index >= 15 is 0 Å². The summed E-state index contributed by atoms with van der Waals surface area (Å²) in [6, 6.07) is 16.5. The molecule has 1 fully saturated rings. The Morgan fingerprint density at radius 2 is 1.94 bits per heavy atom. The predicted molar refractivity (Wildman–Crippen MR) is 125 cm³/mol. The Bertz CT molecular complexity index is 1120. The van der Waals surface area contributed by atoms with E-state index in [0.717, 1.165) is 48.3 Å². The summed E-state index contributed by atoms with van der Waals surface area (Å²) in [7, 11) is 1.65. The molecule has 5 nitrogen and oxygen atoms in total. The Morgan fingerprint density at radius 3 is 2.74 bits per heavy atom. The number of hydrogen-bond acceptors (Lipinski definition) is 5. The fourth-order valence-electron chi connectivity index (χ4n) is 4.65. The lowest BCUT2D eigenvalue weighted by molar-refractivity contribution is 0.174. The minimum absolute atomic E-state index is 0.241. The lowest BCUT2D eigenvalue weighted by Crippen LogP contribution is -2.22. The van der Waals surface area contributed by atoms with Crippen LogP contribution in [0.3, 0.4) is 0 Å². The highest BCUT2D eigenvalue weighted by Crippen LogP contribution is 2.40. The van der Waals surface area contributed by atoms with Gasteiger partial charge < -0.3 is 15.2 Å². The van der Waals surface area contributed by atoms with Gasteiger partial charge in [0.15, 0.2) is 0 Å². The van der Waals surface area contributed by atoms with E-state index in [-0.39, 0.29) is 6.10 Å². The van der Waals surface area contributed by atoms with Crippen LogP contribution in [0, 0.1) is 0 Å². The highest BCUT2D eigenvalue weighted by Gasteiger charge is 2.22. The number of anilines is 1. The van der Waals surface area contributed by atoms with E-state index in [1.54, 1.807) is 7.11 Å². The molecule has 2 aliphatic heterocycles. The fourth-order valence-corrected chi connectivity index (χ4v) is 4.97. The molecule has 6 heteroatoms. The quantitative estimate of drug-likeness (QED) is 0.612. The Labute approximate surface area is 187 Å². The van der Waals surface area contributed by atoms with Crippen LogP contribution >= 0.6 is 11.6 Å². The van der Waals surface area contributed by atoms with Gasteiger partial charge in [-0.25, -0.2) is 4.98 Å². The molecule has 0 saturated carbocycles. The fraction of sp³-hybridized carbons (Fsp3) is 0.320. The number of halogens is 1. The Kier molecular flexibility index (Phi) is 5.57. The number of β-amino-alcohol motifs (C(OH)–C–C–N with tert-alkyl or cyclic N) is 1. The van der Waals surface area contributed by atoms with Crippen molar-refractivity contribution in [3.05, 3.63) is 64.7 Å². The van der Waals surface area contributed by atoms with E-state index in [1.165, 1.54) is 16.8 Å². The molecule has 1 saturated heterocycles. The molecule has 3 aromatic rings. The van der Waals surface area contributed by atoms with Crippen LogP contribution in [0.25, 0.3) is 22.4 Å². The van der Waals surface area contributed by atoms with Gasteiger partial charge in [0.25, 0.3) is 0 Å². The van der Waals surface area contributed by atoms with Gasteiger partial charge in [-0.15, -0.1) is 0 Å². The lowest BCUT2D eigenvalue weighted by atomic mass is 9.95. The number of fused-ring (bicyclic) bond motifs is 1. The number of ether oxygens (including phenoxy) is 1. The van der Waals surface area contributed by atoms with Gasteiger partial charge >= 0.3 is 0 Å². The summed E-state index contributed by atoms with van der Waals surface area (Å²) in [5.74, 6) is 0.602. The van der Waals surface area contributed by atoms with Crippen molar-refractivity contribution in [1.82, 2.24) is 9.88 Å². The number of rotatable bonds is 5. The zero-order valence-corrected chi connectivity index (χ0v) is 18.3. The normalized spacial score (nSPS) is 18.1. The number of aliphatic hydroxyl groups excluding tert-OH is 1. The molecular weight excluding hydrogens is 410 g/mol. The molecule has 1 unspecified atom stereocenters. The maximum absolute atomic E-state index is 9.80. The minimum Gasteiger partial charge on any atom is -0.481 e. The third-order valence-corrected chi connectivity index (χ3v) is 6.61. The van der Waals surface area contributed by atoms with Gasteiger partial charge in [-0.05, 0) is 36.1 Å². The smallest absolute Gasteiger partial charge is 0.218 e. The first-order chi connectivity index (χ1) is 15.1. The van der Waals surface area contributed by atoms with Crippen molar-refractivity contribution in [2.45, 2.75) is 25.5 Å². The average molecular weight is 436 g/mol. The maximum Gasteiger partial charge on any atom is 0.218 e. The monoisotopic (exact) mass is 435 g/mol. The maximum atomic E-state index is 9.80. The Morgan fingerprint density at radius 1 is 1.13 bits per heavy atom. The molecule has 31 heavy (non-hydrogen) atoms. The molecule has 2 N–H and O–H groups in total. The number of benzene rings is 2. The van der Waals surface area contributed by atoms with Gasteiger partial charge in [0.05, 0.1) is 23.9 Å². The van der Waals surface area contributed by atoms with Crippen LogP contribution in [0.4, 0.5) is 5.69 Å². The summed E-state index contributed by atoms with van der Waals surface area (Å²) in [6.45, 7) is 3.24. The first-order valence-electron chi connectivity index (χ1n) is 10.7. The molecule has 160 valence electrons. The second kappa shape index (κ2) is 8.50. The Balaban J connectivity index is 1.50. The van der Waals surface area contributed by atoms with Crippen LogP contribution in [-0.4, -0.2) is 47.8 Å². The molecule has 0 spiro atoms. The van der Waals surface area contributed by atoms with E-state index < -0.39 is 0 Å². The zero-order chi connectivity index (χ0) is 21.4. The van der Waals surface area contributed by atoms with E-state index in [9.17, 15) is 5.11 Å². The third-order valence-electron chi connectivity index (χ3n) is 6.21. The van der Waals surface area contributed by atoms with Crippen molar-refractivity contribution in [1.29, 1.82) is 0 Å². The van der Waals surface area contributed by atoms with Crippen molar-refractivity contribution in [3.63, 3.8) is 0 Å². The molecule has 3 heterocycles. The molecule has 1 atom stereocenters. The standard InChI is InChI=1S/C25H26ClN3O2/c1-31-25-16(14-29-13-11-17(30)15-29)8-9-23(28-25)21-6-2-5-20(24(21)26)18-4-3-7-22-19(18)10-12-27-22/h2-9,17,27,30H,10-15H2,1H3. The summed E-state index contributed by atoms with van der Waals surface area (Å²) >= 11 is 6.93. The highest BCUT2D eigenvalue weighted by atomic mass is 35.5. The number of aromatic nitrogens is 1. The number of pyridine rings is 1. The van der Waals surface area contributed by atoms with Crippen molar-refractivity contribution in [2.24, 2.45) is 0 Å². The van der Waals surface area contributed by atoms with Crippen molar-refractivity contribution in [2.75, 3.05) is 32.1 Å². The van der Waals surface area contributed by atoms with Gasteiger partial charge in [-0.3, -0.25) is 4.90 Å². The number of nitrogens with zero attached hydrogens (tertiary/aromatic N) is 2. The van der Waals surface area contributed by atoms with Crippen molar-refractivity contribution in [3.8, 4) is 28.3 Å². The van der Waals surface area contributed by atoms with Gasteiger partial charge in [0.1, 0.15) is 0 Å². The first kappa shape index (κ1) is 20.3. The summed E-state index contributed by atoms with van der Waals surface area (Å²) in [6.07, 6.45) is 1.57. The van der Waals surface area contributed by atoms with E-state index in [1.807, 2.05) is 18.2 Å². The van der Waals surface area contributed by atoms with E-state index in [4.69, 9.17) is 21.3 Å². The zero-order valence-electron chi connectivity index (χ0n) is 17.6. The van der Waals surface area contributed by atoms with E-state index in [2.05, 4.69) is 40.5 Å². The number of methoxy groups -OCH3 is 1. The summed E-state index contributed by atoms with van der Waals surface area (Å²) in [5.41, 5.74) is 7.40. The third kappa shape index (κ3) is 3.89. The molecule has 0 aliphatic carbocycles. The topological polar surface area (TPSA) is 57.6 Å². The SMILES string of the molecule is COc1nc(-c2cccc(-c3cccc4c3CCN4)c2Cl)ccc1CN1CCC(O)C1. The molecule has 0 radical (unpaired) electrons. The second-order valence-corrected chi connectivity index (χ2v) is 8.60. The number of nitrogens with one attached hydrogen (secondary N) is 1. The predicted octanol–water partition coefficient (Wildman–Crippen LogP) is 4.61. The van der Waals surface area contributed by atoms with Gasteiger partial charge in [-0.1, -0.05) is 48.0 Å². The van der Waals surface area contributed by atoms with Crippen LogP contribution in [0.2, 0.25) is 5.02 Å². The number of hydrogen-bond donors (Lipinski definition) is 2. The van der Waals surface area contributed by atoms with Gasteiger partial charge in [-0.2, -0.15) is 0 Å². The molecule has 2 aromatic carbocycles. The average Bonchev–Trinajstić information content (AvgIpc) is 3.43. The van der Waals surface area contributed by atoms with Crippen molar-refractivity contribution >= 4 is 17.3 Å². The van der Waals surface area contributed by atoms with Crippen LogP contribution in [0.1, 0.15) is 17.5 Å². The lowest BCUT2D eigenvalue weighted by Gasteiger charge is -2.18. The van der Waals surface area contributed by atoms with Gasteiger partial charge in [0.2, 0.25) is 5.88 Å². The largest absolute Gasteiger partial charge is 0.481 e. The van der Waals surface area contributed by atoms with Crippen LogP contribution in [-0.2, 0) is 13.0 Å². The van der Waals surface area contributed by atoms with Crippen LogP contribution in [0.15, 0.2) is 48.5 Å². The molecule has 2 aliphatic rings. The number of aliphatic hydroxyl groups is 1. The molecule has 0 amide bonds. The van der Waals surface area contributed by atoms with E-state index in [0.29, 0.717) is 24.0 Å². The number of likely N-dealkylation sites (tertiary alicyclic amines) is 1. The summed E-state index contributed by atoms with van der Waals surface area (Å²) < 4.78 is 5.61. The highest BCUT2D eigenvalue weighted by molar-refractivity contribution is 6.36. The summed E-state index contributed by atoms with van der Waals surface area (Å²) in [4.78, 5) is 7.01. The molecule has 1 aromatic heterocycles. The Hall–Kier alpha value is -2.60. The van der Waals surface area contributed by atoms with Crippen LogP contribution in [0.5, 0.6) is 5.88 Å². The first-order valence-corrected chi connectivity index (χ1v) is 11.1. The van der Waals surface area contributed by atoms with Crippen molar-refractivity contribution < 1.29 is 9.84 Å². The second-order valence-electron chi connectivity index (χ2n) is 8.22. The molecule has 0 bridgehead atoms.